The molecular weight excluding hydrogens is 791 g/mol. The van der Waals surface area contributed by atoms with E-state index in [1.807, 2.05) is 30.0 Å². The number of hydrogen-bond donors (Lipinski definition) is 3. The fourth-order valence-electron chi connectivity index (χ4n) is 7.53. The zero-order chi connectivity index (χ0) is 42.3. The molecule has 0 aliphatic carbocycles. The lowest BCUT2D eigenvalue weighted by Gasteiger charge is -2.35. The van der Waals surface area contributed by atoms with E-state index in [4.69, 9.17) is 17.0 Å². The Hall–Kier alpha value is -5.60. The SMILES string of the molecule is CCc1cc(N2CCCCC(=O)N(c3ccc(C#N)c(C(F)(F)F)c3)C2=S)ccc1OCCC1CCN(CC(=O)Nc2cc(NC3CCC(=O)NC3=O)ccc2F)CC1. The Morgan fingerprint density at radius 3 is 2.46 bits per heavy atom. The van der Waals surface area contributed by atoms with E-state index in [0.717, 1.165) is 41.9 Å². The lowest BCUT2D eigenvalue weighted by molar-refractivity contribution is -0.138. The van der Waals surface area contributed by atoms with Gasteiger partial charge in [0.25, 0.3) is 0 Å². The molecule has 0 bridgehead atoms. The fraction of sp³-hybridized carbons (Fsp3) is 0.429. The highest BCUT2D eigenvalue weighted by atomic mass is 32.1. The van der Waals surface area contributed by atoms with Crippen molar-refractivity contribution in [2.75, 3.05) is 53.2 Å². The maximum absolute atomic E-state index is 14.6. The summed E-state index contributed by atoms with van der Waals surface area (Å²) in [7, 11) is 0. The van der Waals surface area contributed by atoms with Gasteiger partial charge in [-0.15, -0.1) is 0 Å². The summed E-state index contributed by atoms with van der Waals surface area (Å²) < 4.78 is 62.3. The van der Waals surface area contributed by atoms with Crippen LogP contribution < -0.4 is 30.5 Å². The summed E-state index contributed by atoms with van der Waals surface area (Å²) in [5, 5.41) is 17.2. The van der Waals surface area contributed by atoms with Gasteiger partial charge in [-0.05, 0) is 136 Å². The van der Waals surface area contributed by atoms with Crippen LogP contribution in [0, 0.1) is 23.1 Å². The van der Waals surface area contributed by atoms with Crippen LogP contribution in [0.2, 0.25) is 0 Å². The van der Waals surface area contributed by atoms with Crippen LogP contribution in [0.25, 0.3) is 0 Å². The number of benzene rings is 3. The third kappa shape index (κ3) is 10.7. The van der Waals surface area contributed by atoms with E-state index in [1.165, 1.54) is 24.3 Å². The molecule has 3 saturated heterocycles. The number of carbonyl (C=O) groups excluding carboxylic acids is 4. The zero-order valence-corrected chi connectivity index (χ0v) is 33.3. The number of anilines is 4. The minimum absolute atomic E-state index is 0.00784. The lowest BCUT2D eigenvalue weighted by Crippen LogP contribution is -2.48. The Morgan fingerprint density at radius 1 is 0.983 bits per heavy atom. The largest absolute Gasteiger partial charge is 0.493 e. The summed E-state index contributed by atoms with van der Waals surface area (Å²) in [6, 6.07) is 13.8. The Labute approximate surface area is 344 Å². The molecule has 0 aromatic heterocycles. The van der Waals surface area contributed by atoms with Gasteiger partial charge < -0.3 is 20.3 Å². The number of rotatable bonds is 12. The summed E-state index contributed by atoms with van der Waals surface area (Å²) in [5.74, 6) is -1.13. The van der Waals surface area contributed by atoms with E-state index in [1.54, 1.807) is 11.0 Å². The van der Waals surface area contributed by atoms with Crippen molar-refractivity contribution in [1.82, 2.24) is 10.2 Å². The molecule has 59 heavy (non-hydrogen) atoms. The summed E-state index contributed by atoms with van der Waals surface area (Å²) in [5.41, 5.74) is 0.285. The average molecular weight is 836 g/mol. The molecule has 1 atom stereocenters. The van der Waals surface area contributed by atoms with Gasteiger partial charge in [0.2, 0.25) is 23.6 Å². The first-order chi connectivity index (χ1) is 28.2. The number of piperidine rings is 2. The van der Waals surface area contributed by atoms with Gasteiger partial charge in [-0.25, -0.2) is 4.39 Å². The Bertz CT molecular complexity index is 2140. The van der Waals surface area contributed by atoms with Gasteiger partial charge in [-0.1, -0.05) is 6.92 Å². The van der Waals surface area contributed by atoms with Crippen LogP contribution in [0.3, 0.4) is 0 Å². The van der Waals surface area contributed by atoms with Crippen molar-refractivity contribution in [3.8, 4) is 11.8 Å². The molecule has 4 amide bonds. The van der Waals surface area contributed by atoms with E-state index in [2.05, 4.69) is 16.0 Å². The van der Waals surface area contributed by atoms with Gasteiger partial charge in [0.1, 0.15) is 17.6 Å². The van der Waals surface area contributed by atoms with Crippen LogP contribution >= 0.6 is 12.2 Å². The lowest BCUT2D eigenvalue weighted by atomic mass is 9.94. The van der Waals surface area contributed by atoms with Crippen LogP contribution in [0.1, 0.15) is 75.0 Å². The first-order valence-electron chi connectivity index (χ1n) is 19.7. The van der Waals surface area contributed by atoms with E-state index in [0.29, 0.717) is 75.0 Å². The number of hydrogen-bond acceptors (Lipinski definition) is 9. The second-order valence-corrected chi connectivity index (χ2v) is 15.2. The Balaban J connectivity index is 1.00. The quantitative estimate of drug-likeness (QED) is 0.0998. The minimum atomic E-state index is -4.80. The van der Waals surface area contributed by atoms with Crippen LogP contribution in [0.15, 0.2) is 54.6 Å². The smallest absolute Gasteiger partial charge is 0.417 e. The molecule has 3 aliphatic heterocycles. The topological polar surface area (TPSA) is 147 Å². The number of likely N-dealkylation sites (tertiary alicyclic amines) is 1. The molecule has 3 aromatic carbocycles. The maximum Gasteiger partial charge on any atom is 0.417 e. The summed E-state index contributed by atoms with van der Waals surface area (Å²) >= 11 is 5.78. The number of amides is 4. The highest BCUT2D eigenvalue weighted by molar-refractivity contribution is 7.81. The second kappa shape index (κ2) is 19.0. The van der Waals surface area contributed by atoms with E-state index < -0.39 is 41.0 Å². The summed E-state index contributed by atoms with van der Waals surface area (Å²) in [6.45, 7) is 4.35. The van der Waals surface area contributed by atoms with Crippen molar-refractivity contribution < 1.29 is 41.5 Å². The predicted molar refractivity (Wildman–Crippen MR) is 217 cm³/mol. The molecule has 6 rings (SSSR count). The van der Waals surface area contributed by atoms with Gasteiger partial charge >= 0.3 is 6.18 Å². The zero-order valence-electron chi connectivity index (χ0n) is 32.5. The highest BCUT2D eigenvalue weighted by Gasteiger charge is 2.36. The molecule has 3 aromatic rings. The van der Waals surface area contributed by atoms with Gasteiger partial charge in [-0.2, -0.15) is 18.4 Å². The molecule has 12 nitrogen and oxygen atoms in total. The first kappa shape index (κ1) is 43.0. The third-order valence-corrected chi connectivity index (χ3v) is 11.2. The van der Waals surface area contributed by atoms with Gasteiger partial charge in [0.05, 0.1) is 41.7 Å². The number of carbonyl (C=O) groups is 4. The molecule has 3 heterocycles. The molecule has 3 aliphatic rings. The predicted octanol–water partition coefficient (Wildman–Crippen LogP) is 6.92. The normalized spacial score (nSPS) is 18.5. The molecule has 312 valence electrons. The van der Waals surface area contributed by atoms with E-state index in [9.17, 15) is 42.0 Å². The molecule has 3 fully saturated rings. The molecule has 3 N–H and O–H groups in total. The van der Waals surface area contributed by atoms with Crippen molar-refractivity contribution in [3.05, 3.63) is 77.1 Å². The number of alkyl halides is 3. The number of halogens is 4. The maximum atomic E-state index is 14.6. The first-order valence-corrected chi connectivity index (χ1v) is 20.1. The highest BCUT2D eigenvalue weighted by Crippen LogP contribution is 2.36. The van der Waals surface area contributed by atoms with Crippen LogP contribution in [0.4, 0.5) is 40.3 Å². The number of ether oxygens (including phenoxy) is 1. The Kier molecular flexibility index (Phi) is 13.8. The molecule has 0 spiro atoms. The third-order valence-electron chi connectivity index (χ3n) is 10.8. The van der Waals surface area contributed by atoms with E-state index >= 15 is 0 Å². The van der Waals surface area contributed by atoms with Gasteiger partial charge in [-0.3, -0.25) is 34.3 Å². The number of aryl methyl sites for hydroxylation is 1. The van der Waals surface area contributed by atoms with Crippen molar-refractivity contribution >= 4 is 63.7 Å². The van der Waals surface area contributed by atoms with E-state index in [-0.39, 0.29) is 47.7 Å². The number of nitrogens with zero attached hydrogens (tertiary/aromatic N) is 4. The van der Waals surface area contributed by atoms with Crippen LogP contribution in [-0.2, 0) is 31.8 Å². The van der Waals surface area contributed by atoms with Crippen molar-refractivity contribution in [2.24, 2.45) is 5.92 Å². The number of imide groups is 1. The number of nitrogens with one attached hydrogen (secondary N) is 3. The average Bonchev–Trinajstić information content (AvgIpc) is 3.20. The Morgan fingerprint density at radius 2 is 1.75 bits per heavy atom. The molecular formula is C42H45F4N7O5S. The van der Waals surface area contributed by atoms with Crippen LogP contribution in [0.5, 0.6) is 5.75 Å². The number of nitriles is 1. The molecule has 17 heteroatoms. The van der Waals surface area contributed by atoms with Gasteiger partial charge in [0, 0.05) is 30.8 Å². The van der Waals surface area contributed by atoms with Crippen LogP contribution in [-0.4, -0.2) is 72.5 Å². The van der Waals surface area contributed by atoms with Crippen molar-refractivity contribution in [1.29, 1.82) is 5.26 Å². The fourth-order valence-corrected chi connectivity index (χ4v) is 7.94. The summed E-state index contributed by atoms with van der Waals surface area (Å²) in [4.78, 5) is 54.7. The van der Waals surface area contributed by atoms with Crippen molar-refractivity contribution in [2.45, 2.75) is 76.9 Å². The molecule has 1 unspecified atom stereocenters. The van der Waals surface area contributed by atoms with Crippen molar-refractivity contribution in [3.63, 3.8) is 0 Å². The monoisotopic (exact) mass is 835 g/mol. The summed E-state index contributed by atoms with van der Waals surface area (Å²) in [6.07, 6.45) is 0.101. The number of thiocarbonyl (C=S) groups is 1. The van der Waals surface area contributed by atoms with Gasteiger partial charge in [0.15, 0.2) is 5.11 Å². The second-order valence-electron chi connectivity index (χ2n) is 14.9. The molecule has 0 radical (unpaired) electrons. The minimum Gasteiger partial charge on any atom is -0.493 e. The standard InChI is InChI=1S/C42H45F4N7O5S/c1-2-27-21-30(52-17-4-3-5-39(56)53(41(52)59)31-8-6-28(24-47)32(23-31)42(44,45)46)9-12-36(27)58-20-16-26-14-18-51(19-15-26)25-38(55)49-35-22-29(7-10-33(35)43)48-34-11-13-37(54)50-40(34)57/h6-10,12,21-23,26,34,48H,2-5,11,13-20,25H2,1H3,(H,49,55)(H,50,54,57). The molecule has 0 saturated carbocycles.